The fraction of sp³-hybridized carbons (Fsp3) is 0.545. The molecule has 0 unspecified atom stereocenters. The molecule has 0 radical (unpaired) electrons. The summed E-state index contributed by atoms with van der Waals surface area (Å²) >= 11 is 5.66. The van der Waals surface area contributed by atoms with Crippen LogP contribution in [0.1, 0.15) is 5.56 Å². The third-order valence-electron chi connectivity index (χ3n) is 2.59. The van der Waals surface area contributed by atoms with Crippen molar-refractivity contribution in [2.24, 2.45) is 0 Å². The molecule has 2 rings (SSSR count). The predicted molar refractivity (Wildman–Crippen MR) is 64.5 cm³/mol. The van der Waals surface area contributed by atoms with Gasteiger partial charge in [0.25, 0.3) is 0 Å². The van der Waals surface area contributed by atoms with Gasteiger partial charge in [-0.2, -0.15) is 10.2 Å². The van der Waals surface area contributed by atoms with Gasteiger partial charge < -0.3 is 9.47 Å². The minimum absolute atomic E-state index is 0.0790. The largest absolute Gasteiger partial charge is 0.475 e. The molecule has 1 aromatic heterocycles. The van der Waals surface area contributed by atoms with Crippen molar-refractivity contribution in [2.45, 2.75) is 0 Å². The summed E-state index contributed by atoms with van der Waals surface area (Å²) in [5.41, 5.74) is 0.293. The topological polar surface area (TPSA) is 71.3 Å². The molecular formula is C11H13ClN4O2. The molecule has 0 bridgehead atoms. The maximum atomic E-state index is 8.88. The van der Waals surface area contributed by atoms with E-state index >= 15 is 0 Å². The lowest BCUT2D eigenvalue weighted by Crippen LogP contribution is -2.38. The van der Waals surface area contributed by atoms with Gasteiger partial charge in [-0.15, -0.1) is 0 Å². The molecule has 0 N–H and O–H groups in total. The van der Waals surface area contributed by atoms with Crippen LogP contribution in [0.25, 0.3) is 0 Å². The average molecular weight is 269 g/mol. The van der Waals surface area contributed by atoms with Crippen LogP contribution in [0.4, 0.5) is 0 Å². The minimum atomic E-state index is 0.0790. The maximum Gasteiger partial charge on any atom is 0.236 e. The number of halogens is 1. The van der Waals surface area contributed by atoms with E-state index < -0.39 is 0 Å². The molecule has 18 heavy (non-hydrogen) atoms. The van der Waals surface area contributed by atoms with Crippen LogP contribution in [0.3, 0.4) is 0 Å². The minimum Gasteiger partial charge on any atom is -0.475 e. The van der Waals surface area contributed by atoms with E-state index in [-0.39, 0.29) is 11.2 Å². The highest BCUT2D eigenvalue weighted by atomic mass is 35.5. The number of rotatable bonds is 4. The molecule has 0 atom stereocenters. The van der Waals surface area contributed by atoms with E-state index in [0.717, 1.165) is 32.8 Å². The third kappa shape index (κ3) is 3.53. The Kier molecular flexibility index (Phi) is 4.70. The molecule has 0 aliphatic carbocycles. The zero-order valence-corrected chi connectivity index (χ0v) is 10.6. The SMILES string of the molecule is N#Cc1cnc(Cl)nc1OCCN1CCOCC1. The van der Waals surface area contributed by atoms with Crippen LogP contribution in [-0.2, 0) is 4.74 Å². The van der Waals surface area contributed by atoms with Crippen molar-refractivity contribution >= 4 is 11.6 Å². The number of morpholine rings is 1. The molecule has 1 aromatic rings. The lowest BCUT2D eigenvalue weighted by Gasteiger charge is -2.26. The second kappa shape index (κ2) is 6.50. The first-order valence-corrected chi connectivity index (χ1v) is 6.03. The Balaban J connectivity index is 1.86. The van der Waals surface area contributed by atoms with E-state index in [1.54, 1.807) is 0 Å². The lowest BCUT2D eigenvalue weighted by molar-refractivity contribution is 0.0320. The molecule has 6 nitrogen and oxygen atoms in total. The van der Waals surface area contributed by atoms with Crippen LogP contribution in [-0.4, -0.2) is 54.3 Å². The molecule has 96 valence electrons. The number of hydrogen-bond donors (Lipinski definition) is 0. The van der Waals surface area contributed by atoms with Gasteiger partial charge in [-0.3, -0.25) is 4.90 Å². The van der Waals surface area contributed by atoms with Gasteiger partial charge in [0, 0.05) is 19.6 Å². The summed E-state index contributed by atoms with van der Waals surface area (Å²) in [5, 5.41) is 8.96. The summed E-state index contributed by atoms with van der Waals surface area (Å²) in [4.78, 5) is 9.86. The first kappa shape index (κ1) is 13.0. The Hall–Kier alpha value is -1.42. The number of nitriles is 1. The smallest absolute Gasteiger partial charge is 0.236 e. The van der Waals surface area contributed by atoms with Crippen LogP contribution in [0.5, 0.6) is 5.88 Å². The van der Waals surface area contributed by atoms with Gasteiger partial charge >= 0.3 is 0 Å². The number of aromatic nitrogens is 2. The van der Waals surface area contributed by atoms with Crippen LogP contribution in [0.15, 0.2) is 6.20 Å². The van der Waals surface area contributed by atoms with Gasteiger partial charge in [-0.05, 0) is 11.6 Å². The van der Waals surface area contributed by atoms with E-state index in [1.165, 1.54) is 6.20 Å². The first-order chi connectivity index (χ1) is 8.79. The molecule has 2 heterocycles. The summed E-state index contributed by atoms with van der Waals surface area (Å²) in [6.45, 7) is 4.54. The number of hydrogen-bond acceptors (Lipinski definition) is 6. The fourth-order valence-corrected chi connectivity index (χ4v) is 1.75. The second-order valence-electron chi connectivity index (χ2n) is 3.77. The molecule has 0 aromatic carbocycles. The summed E-state index contributed by atoms with van der Waals surface area (Å²) in [6, 6.07) is 1.97. The van der Waals surface area contributed by atoms with Crippen LogP contribution < -0.4 is 4.74 Å². The standard InChI is InChI=1S/C11H13ClN4O2/c12-11-14-8-9(7-13)10(15-11)18-6-3-16-1-4-17-5-2-16/h8H,1-6H2. The normalized spacial score (nSPS) is 16.2. The van der Waals surface area contributed by atoms with Crippen molar-refractivity contribution in [2.75, 3.05) is 39.5 Å². The summed E-state index contributed by atoms with van der Waals surface area (Å²) in [7, 11) is 0. The highest BCUT2D eigenvalue weighted by molar-refractivity contribution is 6.28. The second-order valence-corrected chi connectivity index (χ2v) is 4.11. The highest BCUT2D eigenvalue weighted by Gasteiger charge is 2.11. The zero-order chi connectivity index (χ0) is 12.8. The monoisotopic (exact) mass is 268 g/mol. The number of ether oxygens (including phenoxy) is 2. The Morgan fingerprint density at radius 2 is 2.28 bits per heavy atom. The van der Waals surface area contributed by atoms with Crippen molar-refractivity contribution < 1.29 is 9.47 Å². The molecule has 0 saturated carbocycles. The van der Waals surface area contributed by atoms with E-state index in [9.17, 15) is 0 Å². The first-order valence-electron chi connectivity index (χ1n) is 5.65. The summed E-state index contributed by atoms with van der Waals surface area (Å²) in [6.07, 6.45) is 1.36. The Morgan fingerprint density at radius 1 is 1.50 bits per heavy atom. The molecule has 1 saturated heterocycles. The van der Waals surface area contributed by atoms with Gasteiger partial charge in [0.15, 0.2) is 0 Å². The van der Waals surface area contributed by atoms with Crippen LogP contribution >= 0.6 is 11.6 Å². The quantitative estimate of drug-likeness (QED) is 0.749. The Labute approximate surface area is 110 Å². The van der Waals surface area contributed by atoms with E-state index in [0.29, 0.717) is 12.2 Å². The van der Waals surface area contributed by atoms with E-state index in [4.69, 9.17) is 26.3 Å². The molecule has 1 aliphatic heterocycles. The molecular weight excluding hydrogens is 256 g/mol. The number of nitrogens with zero attached hydrogens (tertiary/aromatic N) is 4. The van der Waals surface area contributed by atoms with Gasteiger partial charge in [0.2, 0.25) is 11.2 Å². The van der Waals surface area contributed by atoms with E-state index in [2.05, 4.69) is 14.9 Å². The molecule has 1 fully saturated rings. The van der Waals surface area contributed by atoms with Crippen molar-refractivity contribution in [3.05, 3.63) is 17.0 Å². The van der Waals surface area contributed by atoms with Gasteiger partial charge in [0.1, 0.15) is 18.2 Å². The zero-order valence-electron chi connectivity index (χ0n) is 9.80. The Morgan fingerprint density at radius 3 is 3.00 bits per heavy atom. The molecule has 1 aliphatic rings. The van der Waals surface area contributed by atoms with E-state index in [1.807, 2.05) is 6.07 Å². The van der Waals surface area contributed by atoms with Crippen molar-refractivity contribution in [1.29, 1.82) is 5.26 Å². The average Bonchev–Trinajstić information content (AvgIpc) is 2.40. The van der Waals surface area contributed by atoms with Gasteiger partial charge in [0.05, 0.1) is 19.4 Å². The van der Waals surface area contributed by atoms with Gasteiger partial charge in [-0.1, -0.05) is 0 Å². The lowest BCUT2D eigenvalue weighted by atomic mass is 10.3. The summed E-state index contributed by atoms with van der Waals surface area (Å²) < 4.78 is 10.7. The van der Waals surface area contributed by atoms with Crippen molar-refractivity contribution in [3.8, 4) is 11.9 Å². The maximum absolute atomic E-state index is 8.88. The fourth-order valence-electron chi connectivity index (χ4n) is 1.63. The molecule has 0 spiro atoms. The van der Waals surface area contributed by atoms with Crippen LogP contribution in [0, 0.1) is 11.3 Å². The predicted octanol–water partition coefficient (Wildman–Crippen LogP) is 0.713. The van der Waals surface area contributed by atoms with Crippen molar-refractivity contribution in [3.63, 3.8) is 0 Å². The third-order valence-corrected chi connectivity index (χ3v) is 2.78. The Bertz CT molecular complexity index is 443. The molecule has 7 heteroatoms. The summed E-state index contributed by atoms with van der Waals surface area (Å²) in [5.74, 6) is 0.241. The highest BCUT2D eigenvalue weighted by Crippen LogP contribution is 2.15. The van der Waals surface area contributed by atoms with Crippen molar-refractivity contribution in [1.82, 2.24) is 14.9 Å². The van der Waals surface area contributed by atoms with Crippen LogP contribution in [0.2, 0.25) is 5.28 Å². The van der Waals surface area contributed by atoms with Gasteiger partial charge in [-0.25, -0.2) is 4.98 Å². The molecule has 0 amide bonds.